The summed E-state index contributed by atoms with van der Waals surface area (Å²) >= 11 is 1.46. The summed E-state index contributed by atoms with van der Waals surface area (Å²) in [7, 11) is 3.21. The monoisotopic (exact) mass is 338 g/mol. The van der Waals surface area contributed by atoms with Crippen LogP contribution < -0.4 is 9.47 Å². The molecule has 0 aliphatic rings. The Kier molecular flexibility index (Phi) is 3.70. The molecule has 4 aromatic rings. The Morgan fingerprint density at radius 3 is 2.67 bits per heavy atom. The summed E-state index contributed by atoms with van der Waals surface area (Å²) in [5.41, 5.74) is 2.64. The molecule has 2 aromatic heterocycles. The number of aromatic nitrogens is 4. The van der Waals surface area contributed by atoms with Gasteiger partial charge in [-0.25, -0.2) is 15.0 Å². The lowest BCUT2D eigenvalue weighted by Crippen LogP contribution is -1.95. The van der Waals surface area contributed by atoms with E-state index in [2.05, 4.69) is 19.9 Å². The lowest BCUT2D eigenvalue weighted by molar-refractivity contribution is 0.358. The Balaban J connectivity index is 1.81. The van der Waals surface area contributed by atoms with Gasteiger partial charge in [-0.2, -0.15) is 0 Å². The van der Waals surface area contributed by atoms with Crippen molar-refractivity contribution in [1.82, 2.24) is 19.9 Å². The van der Waals surface area contributed by atoms with Crippen LogP contribution in [0.2, 0.25) is 0 Å². The molecule has 0 fully saturated rings. The maximum absolute atomic E-state index is 5.45. The van der Waals surface area contributed by atoms with E-state index in [-0.39, 0.29) is 0 Å². The van der Waals surface area contributed by atoms with E-state index in [0.29, 0.717) is 17.0 Å². The van der Waals surface area contributed by atoms with Gasteiger partial charge in [-0.15, -0.1) is 0 Å². The van der Waals surface area contributed by atoms with Crippen LogP contribution in [-0.4, -0.2) is 34.2 Å². The summed E-state index contributed by atoms with van der Waals surface area (Å²) in [6.07, 6.45) is 1.52. The number of rotatable bonds is 4. The van der Waals surface area contributed by atoms with Crippen LogP contribution >= 0.6 is 11.8 Å². The van der Waals surface area contributed by atoms with Gasteiger partial charge in [0.25, 0.3) is 0 Å². The van der Waals surface area contributed by atoms with Gasteiger partial charge in [0.1, 0.15) is 16.9 Å². The highest BCUT2D eigenvalue weighted by molar-refractivity contribution is 7.99. The normalized spacial score (nSPS) is 11.1. The van der Waals surface area contributed by atoms with Crippen LogP contribution in [0.5, 0.6) is 11.5 Å². The largest absolute Gasteiger partial charge is 0.493 e. The average molecular weight is 338 g/mol. The fourth-order valence-electron chi connectivity index (χ4n) is 2.57. The second-order valence-electron chi connectivity index (χ2n) is 5.04. The van der Waals surface area contributed by atoms with Crippen molar-refractivity contribution < 1.29 is 9.47 Å². The molecule has 6 nitrogen and oxygen atoms in total. The number of nitrogens with one attached hydrogen (secondary N) is 1. The van der Waals surface area contributed by atoms with Crippen molar-refractivity contribution >= 4 is 33.7 Å². The number of imidazole rings is 1. The van der Waals surface area contributed by atoms with Crippen LogP contribution in [0, 0.1) is 0 Å². The predicted molar refractivity (Wildman–Crippen MR) is 92.9 cm³/mol. The average Bonchev–Trinajstić information content (AvgIpc) is 3.03. The van der Waals surface area contributed by atoms with E-state index in [1.807, 2.05) is 36.4 Å². The van der Waals surface area contributed by atoms with Gasteiger partial charge in [0.05, 0.1) is 25.3 Å². The minimum Gasteiger partial charge on any atom is -0.493 e. The van der Waals surface area contributed by atoms with E-state index in [1.165, 1.54) is 18.1 Å². The van der Waals surface area contributed by atoms with Crippen molar-refractivity contribution in [3.63, 3.8) is 0 Å². The van der Waals surface area contributed by atoms with Gasteiger partial charge < -0.3 is 14.5 Å². The zero-order valence-electron chi connectivity index (χ0n) is 13.1. The van der Waals surface area contributed by atoms with E-state index < -0.39 is 0 Å². The molecule has 0 spiro atoms. The number of ether oxygens (including phenoxy) is 2. The number of benzene rings is 2. The highest BCUT2D eigenvalue weighted by Crippen LogP contribution is 2.38. The molecule has 1 N–H and O–H groups in total. The molecule has 0 amide bonds. The number of methoxy groups -OCH3 is 2. The summed E-state index contributed by atoms with van der Waals surface area (Å²) in [6, 6.07) is 11.7. The second-order valence-corrected chi connectivity index (χ2v) is 6.01. The molecule has 0 aliphatic heterocycles. The van der Waals surface area contributed by atoms with Gasteiger partial charge in [0.15, 0.2) is 16.7 Å². The van der Waals surface area contributed by atoms with Crippen molar-refractivity contribution in [3.8, 4) is 11.5 Å². The van der Waals surface area contributed by atoms with Crippen LogP contribution in [0.15, 0.2) is 52.9 Å². The fourth-order valence-corrected chi connectivity index (χ4v) is 3.43. The molecule has 0 atom stereocenters. The van der Waals surface area contributed by atoms with Crippen molar-refractivity contribution in [1.29, 1.82) is 0 Å². The Morgan fingerprint density at radius 2 is 1.88 bits per heavy atom. The Bertz CT molecular complexity index is 999. The summed E-state index contributed by atoms with van der Waals surface area (Å²) < 4.78 is 10.8. The maximum atomic E-state index is 5.45. The lowest BCUT2D eigenvalue weighted by Gasteiger charge is -2.11. The van der Waals surface area contributed by atoms with Gasteiger partial charge in [0.2, 0.25) is 0 Å². The van der Waals surface area contributed by atoms with E-state index >= 15 is 0 Å². The zero-order chi connectivity index (χ0) is 16.5. The highest BCUT2D eigenvalue weighted by Gasteiger charge is 2.15. The highest BCUT2D eigenvalue weighted by atomic mass is 32.2. The molecule has 2 heterocycles. The Morgan fingerprint density at radius 1 is 1.00 bits per heavy atom. The molecule has 7 heteroatoms. The third-order valence-electron chi connectivity index (χ3n) is 3.67. The van der Waals surface area contributed by atoms with E-state index in [4.69, 9.17) is 9.47 Å². The number of nitrogens with zero attached hydrogens (tertiary/aromatic N) is 3. The van der Waals surface area contributed by atoms with Crippen molar-refractivity contribution in [2.24, 2.45) is 0 Å². The molecule has 0 saturated carbocycles. The smallest absolute Gasteiger partial charge is 0.187 e. The summed E-state index contributed by atoms with van der Waals surface area (Å²) in [4.78, 5) is 16.6. The zero-order valence-corrected chi connectivity index (χ0v) is 13.9. The summed E-state index contributed by atoms with van der Waals surface area (Å²) in [5.74, 6) is 1.24. The molecule has 0 aliphatic carbocycles. The van der Waals surface area contributed by atoms with Gasteiger partial charge in [0, 0.05) is 5.39 Å². The van der Waals surface area contributed by atoms with E-state index in [0.717, 1.165) is 26.6 Å². The van der Waals surface area contributed by atoms with Crippen molar-refractivity contribution in [2.75, 3.05) is 14.2 Å². The number of para-hydroxylation sites is 2. The van der Waals surface area contributed by atoms with Gasteiger partial charge in [-0.1, -0.05) is 12.1 Å². The molecule has 2 aromatic carbocycles. The maximum Gasteiger partial charge on any atom is 0.187 e. The van der Waals surface area contributed by atoms with Gasteiger partial charge >= 0.3 is 0 Å². The van der Waals surface area contributed by atoms with Crippen LogP contribution in [0.25, 0.3) is 21.9 Å². The van der Waals surface area contributed by atoms with E-state index in [1.54, 1.807) is 14.2 Å². The van der Waals surface area contributed by atoms with Crippen LogP contribution in [0.4, 0.5) is 0 Å². The number of fused-ring (bicyclic) bond motifs is 2. The van der Waals surface area contributed by atoms with Crippen LogP contribution in [0.3, 0.4) is 0 Å². The van der Waals surface area contributed by atoms with Gasteiger partial charge in [-0.3, -0.25) is 0 Å². The summed E-state index contributed by atoms with van der Waals surface area (Å²) in [6.45, 7) is 0. The minimum absolute atomic E-state index is 0.601. The molecule has 24 heavy (non-hydrogen) atoms. The number of aromatic amines is 1. The van der Waals surface area contributed by atoms with Crippen LogP contribution in [-0.2, 0) is 0 Å². The summed E-state index contributed by atoms with van der Waals surface area (Å²) in [5, 5.41) is 2.48. The van der Waals surface area contributed by atoms with Crippen LogP contribution in [0.1, 0.15) is 0 Å². The number of hydrogen-bond acceptors (Lipinski definition) is 6. The first-order valence-electron chi connectivity index (χ1n) is 7.28. The third kappa shape index (κ3) is 2.43. The SMILES string of the molecule is COc1ccc2c(Sc3nc4ccccc4[nH]3)ncnc2c1OC. The fraction of sp³-hybridized carbons (Fsp3) is 0.118. The first kappa shape index (κ1) is 14.8. The number of H-pyrrole nitrogens is 1. The molecule has 0 bridgehead atoms. The Labute approximate surface area is 142 Å². The molecule has 0 saturated heterocycles. The Hall–Kier alpha value is -2.80. The standard InChI is InChI=1S/C17H14N4O2S/c1-22-13-8-7-10-14(15(13)23-2)18-9-19-16(10)24-17-20-11-5-3-4-6-12(11)21-17/h3-9H,1-2H3,(H,20,21). The molecular weight excluding hydrogens is 324 g/mol. The first-order chi connectivity index (χ1) is 11.8. The molecular formula is C17H14N4O2S. The molecule has 0 radical (unpaired) electrons. The third-order valence-corrected chi connectivity index (χ3v) is 4.58. The predicted octanol–water partition coefficient (Wildman–Crippen LogP) is 3.67. The van der Waals surface area contributed by atoms with Crippen molar-refractivity contribution in [3.05, 3.63) is 42.7 Å². The van der Waals surface area contributed by atoms with E-state index in [9.17, 15) is 0 Å². The first-order valence-corrected chi connectivity index (χ1v) is 8.10. The van der Waals surface area contributed by atoms with Gasteiger partial charge in [-0.05, 0) is 36.0 Å². The molecule has 4 rings (SSSR count). The van der Waals surface area contributed by atoms with Crippen molar-refractivity contribution in [2.45, 2.75) is 10.2 Å². The minimum atomic E-state index is 0.601. The number of hydrogen-bond donors (Lipinski definition) is 1. The quantitative estimate of drug-likeness (QED) is 0.572. The second kappa shape index (κ2) is 6.01. The molecule has 120 valence electrons. The molecule has 0 unspecified atom stereocenters. The lowest BCUT2D eigenvalue weighted by atomic mass is 10.2. The topological polar surface area (TPSA) is 72.9 Å².